The Labute approximate surface area is 132 Å². The average molecular weight is 323 g/mol. The van der Waals surface area contributed by atoms with E-state index in [1.54, 1.807) is 6.07 Å². The number of halogens is 2. The highest BCUT2D eigenvalue weighted by Gasteiger charge is 2.33. The second-order valence-electron chi connectivity index (χ2n) is 6.09. The summed E-state index contributed by atoms with van der Waals surface area (Å²) in [6.45, 7) is 1.66. The molecule has 3 unspecified atom stereocenters. The van der Waals surface area contributed by atoms with Crippen molar-refractivity contribution in [1.29, 1.82) is 0 Å². The third-order valence-electron chi connectivity index (χ3n) is 4.53. The molecule has 2 fully saturated rings. The second kappa shape index (κ2) is 6.62. The standard InChI is InChI=1S/C16H19F2N3O2/c17-12-2-1-9(5-13(12)18)11-3-4-19-8-14(11)21-16(23)10-6-15(22)20-7-10/h1-2,5,10-11,14,19H,3-4,6-8H2,(H,20,22)(H,21,23). The molecule has 2 heterocycles. The summed E-state index contributed by atoms with van der Waals surface area (Å²) in [4.78, 5) is 23.5. The van der Waals surface area contributed by atoms with Crippen molar-refractivity contribution in [1.82, 2.24) is 16.0 Å². The van der Waals surface area contributed by atoms with Crippen molar-refractivity contribution in [3.8, 4) is 0 Å². The Hall–Kier alpha value is -2.02. The lowest BCUT2D eigenvalue weighted by Crippen LogP contribution is -2.51. The van der Waals surface area contributed by atoms with Gasteiger partial charge in [-0.15, -0.1) is 0 Å². The Bertz CT molecular complexity index is 623. The van der Waals surface area contributed by atoms with Crippen LogP contribution in [0.4, 0.5) is 8.78 Å². The molecule has 23 heavy (non-hydrogen) atoms. The predicted octanol–water partition coefficient (Wildman–Crippen LogP) is 0.663. The van der Waals surface area contributed by atoms with Gasteiger partial charge in [0.15, 0.2) is 11.6 Å². The van der Waals surface area contributed by atoms with E-state index in [0.717, 1.165) is 19.0 Å². The SMILES string of the molecule is O=C1CC(C(=O)NC2CNCCC2c2ccc(F)c(F)c2)CN1. The average Bonchev–Trinajstić information content (AvgIpc) is 2.97. The minimum atomic E-state index is -0.878. The van der Waals surface area contributed by atoms with Crippen molar-refractivity contribution in [2.75, 3.05) is 19.6 Å². The molecule has 3 rings (SSSR count). The number of amides is 2. The molecule has 2 amide bonds. The molecule has 2 aliphatic heterocycles. The van der Waals surface area contributed by atoms with Gasteiger partial charge in [-0.3, -0.25) is 9.59 Å². The van der Waals surface area contributed by atoms with Crippen LogP contribution in [0, 0.1) is 17.6 Å². The first kappa shape index (κ1) is 15.9. The van der Waals surface area contributed by atoms with Gasteiger partial charge in [-0.05, 0) is 30.7 Å². The first-order chi connectivity index (χ1) is 11.0. The van der Waals surface area contributed by atoms with Crippen molar-refractivity contribution in [2.45, 2.75) is 24.8 Å². The molecule has 5 nitrogen and oxygen atoms in total. The highest BCUT2D eigenvalue weighted by molar-refractivity contribution is 5.89. The summed E-state index contributed by atoms with van der Waals surface area (Å²) in [5.41, 5.74) is 0.677. The van der Waals surface area contributed by atoms with Crippen LogP contribution in [-0.2, 0) is 9.59 Å². The molecule has 7 heteroatoms. The lowest BCUT2D eigenvalue weighted by molar-refractivity contribution is -0.127. The topological polar surface area (TPSA) is 70.2 Å². The highest BCUT2D eigenvalue weighted by atomic mass is 19.2. The molecule has 2 saturated heterocycles. The molecule has 0 radical (unpaired) electrons. The number of nitrogens with one attached hydrogen (secondary N) is 3. The Morgan fingerprint density at radius 2 is 2.04 bits per heavy atom. The van der Waals surface area contributed by atoms with E-state index in [1.807, 2.05) is 0 Å². The predicted molar refractivity (Wildman–Crippen MR) is 79.6 cm³/mol. The normalized spacial score (nSPS) is 27.6. The van der Waals surface area contributed by atoms with Crippen LogP contribution in [0.2, 0.25) is 0 Å². The fourth-order valence-corrected chi connectivity index (χ4v) is 3.24. The summed E-state index contributed by atoms with van der Waals surface area (Å²) in [7, 11) is 0. The van der Waals surface area contributed by atoms with E-state index in [4.69, 9.17) is 0 Å². The summed E-state index contributed by atoms with van der Waals surface area (Å²) in [5, 5.41) is 8.79. The third kappa shape index (κ3) is 3.50. The van der Waals surface area contributed by atoms with Gasteiger partial charge in [-0.1, -0.05) is 6.07 Å². The van der Waals surface area contributed by atoms with E-state index < -0.39 is 11.6 Å². The number of carbonyl (C=O) groups excluding carboxylic acids is 2. The molecule has 0 aromatic heterocycles. The van der Waals surface area contributed by atoms with E-state index in [-0.39, 0.29) is 36.1 Å². The lowest BCUT2D eigenvalue weighted by atomic mass is 9.85. The monoisotopic (exact) mass is 323 g/mol. The Morgan fingerprint density at radius 1 is 1.22 bits per heavy atom. The maximum Gasteiger partial charge on any atom is 0.225 e. The summed E-state index contributed by atoms with van der Waals surface area (Å²) in [6, 6.07) is 3.67. The number of hydrogen-bond donors (Lipinski definition) is 3. The van der Waals surface area contributed by atoms with E-state index >= 15 is 0 Å². The van der Waals surface area contributed by atoms with Gasteiger partial charge in [0.1, 0.15) is 0 Å². The van der Waals surface area contributed by atoms with Crippen LogP contribution >= 0.6 is 0 Å². The summed E-state index contributed by atoms with van der Waals surface area (Å²) in [6.07, 6.45) is 0.916. The van der Waals surface area contributed by atoms with E-state index in [0.29, 0.717) is 18.7 Å². The zero-order valence-corrected chi connectivity index (χ0v) is 12.6. The van der Waals surface area contributed by atoms with Crippen LogP contribution < -0.4 is 16.0 Å². The van der Waals surface area contributed by atoms with Crippen LogP contribution in [0.15, 0.2) is 18.2 Å². The van der Waals surface area contributed by atoms with Gasteiger partial charge in [0.2, 0.25) is 11.8 Å². The molecule has 0 saturated carbocycles. The van der Waals surface area contributed by atoms with E-state index in [1.165, 1.54) is 6.07 Å². The van der Waals surface area contributed by atoms with Gasteiger partial charge in [0, 0.05) is 31.5 Å². The van der Waals surface area contributed by atoms with Crippen molar-refractivity contribution in [2.24, 2.45) is 5.92 Å². The van der Waals surface area contributed by atoms with E-state index in [2.05, 4.69) is 16.0 Å². The molecule has 124 valence electrons. The van der Waals surface area contributed by atoms with Crippen LogP contribution in [0.5, 0.6) is 0 Å². The lowest BCUT2D eigenvalue weighted by Gasteiger charge is -2.33. The minimum absolute atomic E-state index is 0.0830. The number of benzene rings is 1. The van der Waals surface area contributed by atoms with Gasteiger partial charge in [0.25, 0.3) is 0 Å². The smallest absolute Gasteiger partial charge is 0.225 e. The summed E-state index contributed by atoms with van der Waals surface area (Å²) < 4.78 is 26.6. The quantitative estimate of drug-likeness (QED) is 0.765. The molecule has 1 aromatic carbocycles. The maximum absolute atomic E-state index is 13.5. The summed E-state index contributed by atoms with van der Waals surface area (Å²) >= 11 is 0. The van der Waals surface area contributed by atoms with E-state index in [9.17, 15) is 18.4 Å². The number of rotatable bonds is 3. The first-order valence-corrected chi connectivity index (χ1v) is 7.77. The molecular weight excluding hydrogens is 304 g/mol. The molecule has 3 N–H and O–H groups in total. The zero-order chi connectivity index (χ0) is 16.4. The van der Waals surface area contributed by atoms with Gasteiger partial charge < -0.3 is 16.0 Å². The van der Waals surface area contributed by atoms with Gasteiger partial charge >= 0.3 is 0 Å². The Balaban J connectivity index is 1.72. The highest BCUT2D eigenvalue weighted by Crippen LogP contribution is 2.27. The summed E-state index contributed by atoms with van der Waals surface area (Å²) in [5.74, 6) is -2.50. The van der Waals surface area contributed by atoms with Crippen molar-refractivity contribution >= 4 is 11.8 Å². The molecule has 3 atom stereocenters. The maximum atomic E-state index is 13.5. The second-order valence-corrected chi connectivity index (χ2v) is 6.09. The Morgan fingerprint density at radius 3 is 2.74 bits per heavy atom. The molecule has 1 aromatic rings. The largest absolute Gasteiger partial charge is 0.355 e. The van der Waals surface area contributed by atoms with Crippen LogP contribution in [0.1, 0.15) is 24.3 Å². The van der Waals surface area contributed by atoms with Gasteiger partial charge in [-0.2, -0.15) is 0 Å². The third-order valence-corrected chi connectivity index (χ3v) is 4.53. The van der Waals surface area contributed by atoms with Crippen molar-refractivity contribution in [3.05, 3.63) is 35.4 Å². The number of piperidine rings is 1. The number of carbonyl (C=O) groups is 2. The fourth-order valence-electron chi connectivity index (χ4n) is 3.24. The van der Waals surface area contributed by atoms with Crippen LogP contribution in [-0.4, -0.2) is 37.5 Å². The van der Waals surface area contributed by atoms with Crippen molar-refractivity contribution in [3.63, 3.8) is 0 Å². The molecule has 0 aliphatic carbocycles. The van der Waals surface area contributed by atoms with Crippen LogP contribution in [0.3, 0.4) is 0 Å². The minimum Gasteiger partial charge on any atom is -0.355 e. The molecule has 0 bridgehead atoms. The fraction of sp³-hybridized carbons (Fsp3) is 0.500. The first-order valence-electron chi connectivity index (χ1n) is 7.77. The van der Waals surface area contributed by atoms with Crippen LogP contribution in [0.25, 0.3) is 0 Å². The number of hydrogen-bond acceptors (Lipinski definition) is 3. The van der Waals surface area contributed by atoms with Gasteiger partial charge in [0.05, 0.1) is 5.92 Å². The molecule has 2 aliphatic rings. The zero-order valence-electron chi connectivity index (χ0n) is 12.6. The molecular formula is C16H19F2N3O2. The molecule has 0 spiro atoms. The Kier molecular flexibility index (Phi) is 4.56. The van der Waals surface area contributed by atoms with Gasteiger partial charge in [-0.25, -0.2) is 8.78 Å². The van der Waals surface area contributed by atoms with Crippen molar-refractivity contribution < 1.29 is 18.4 Å².